The summed E-state index contributed by atoms with van der Waals surface area (Å²) in [7, 11) is 1.63. The van der Waals surface area contributed by atoms with Gasteiger partial charge in [-0.25, -0.2) is 0 Å². The van der Waals surface area contributed by atoms with Crippen LogP contribution in [-0.4, -0.2) is 36.2 Å². The van der Waals surface area contributed by atoms with Crippen LogP contribution in [0.1, 0.15) is 17.2 Å². The zero-order chi connectivity index (χ0) is 16.5. The van der Waals surface area contributed by atoms with Gasteiger partial charge in [0.1, 0.15) is 5.75 Å². The Labute approximate surface area is 140 Å². The van der Waals surface area contributed by atoms with E-state index in [1.807, 2.05) is 54.6 Å². The highest BCUT2D eigenvalue weighted by Crippen LogP contribution is 2.24. The van der Waals surface area contributed by atoms with Gasteiger partial charge in [-0.2, -0.15) is 0 Å². The largest absolute Gasteiger partial charge is 0.497 e. The van der Waals surface area contributed by atoms with Crippen molar-refractivity contribution in [1.29, 1.82) is 0 Å². The molecule has 0 aliphatic carbocycles. The average molecular weight is 331 g/mol. The smallest absolute Gasteiger partial charge is 0.230 e. The van der Waals surface area contributed by atoms with Crippen molar-refractivity contribution >= 4 is 17.7 Å². The van der Waals surface area contributed by atoms with Gasteiger partial charge in [-0.1, -0.05) is 42.5 Å². The van der Waals surface area contributed by atoms with Crippen LogP contribution in [0.15, 0.2) is 54.6 Å². The number of rotatable bonds is 8. The van der Waals surface area contributed by atoms with Gasteiger partial charge in [-0.15, -0.1) is 11.8 Å². The number of hydrogen-bond acceptors (Lipinski definition) is 4. The quantitative estimate of drug-likeness (QED) is 0.730. The normalized spacial score (nSPS) is 11.7. The van der Waals surface area contributed by atoms with E-state index in [0.717, 1.165) is 16.9 Å². The molecule has 5 heteroatoms. The van der Waals surface area contributed by atoms with Crippen LogP contribution >= 0.6 is 11.8 Å². The van der Waals surface area contributed by atoms with E-state index in [0.29, 0.717) is 11.5 Å². The first-order chi connectivity index (χ1) is 11.2. The molecule has 0 heterocycles. The highest BCUT2D eigenvalue weighted by Gasteiger charge is 2.16. The Morgan fingerprint density at radius 1 is 1.13 bits per heavy atom. The lowest BCUT2D eigenvalue weighted by Gasteiger charge is -2.20. The van der Waals surface area contributed by atoms with Gasteiger partial charge in [0, 0.05) is 5.75 Å². The maximum absolute atomic E-state index is 12.2. The minimum Gasteiger partial charge on any atom is -0.497 e. The molecule has 0 aliphatic heterocycles. The topological polar surface area (TPSA) is 58.6 Å². The highest BCUT2D eigenvalue weighted by atomic mass is 32.2. The van der Waals surface area contributed by atoms with E-state index in [4.69, 9.17) is 9.84 Å². The number of carbonyl (C=O) groups is 1. The van der Waals surface area contributed by atoms with Crippen LogP contribution in [0.5, 0.6) is 5.75 Å². The molecule has 0 unspecified atom stereocenters. The maximum atomic E-state index is 12.2. The van der Waals surface area contributed by atoms with Crippen LogP contribution < -0.4 is 10.1 Å². The molecule has 0 radical (unpaired) electrons. The van der Waals surface area contributed by atoms with Gasteiger partial charge in [0.2, 0.25) is 5.91 Å². The predicted molar refractivity (Wildman–Crippen MR) is 93.8 cm³/mol. The lowest BCUT2D eigenvalue weighted by atomic mass is 9.98. The Morgan fingerprint density at radius 2 is 1.78 bits per heavy atom. The van der Waals surface area contributed by atoms with Crippen molar-refractivity contribution < 1.29 is 14.6 Å². The van der Waals surface area contributed by atoms with Gasteiger partial charge in [0.15, 0.2) is 0 Å². The van der Waals surface area contributed by atoms with Crippen molar-refractivity contribution in [2.24, 2.45) is 0 Å². The molecule has 0 saturated heterocycles. The van der Waals surface area contributed by atoms with Gasteiger partial charge < -0.3 is 15.2 Å². The second kappa shape index (κ2) is 9.22. The van der Waals surface area contributed by atoms with Crippen LogP contribution in [0.2, 0.25) is 0 Å². The van der Waals surface area contributed by atoms with Gasteiger partial charge in [-0.3, -0.25) is 4.79 Å². The summed E-state index contributed by atoms with van der Waals surface area (Å²) in [5, 5.41) is 11.9. The third-order valence-electron chi connectivity index (χ3n) is 3.36. The summed E-state index contributed by atoms with van der Waals surface area (Å²) in [6.45, 7) is 0.0819. The van der Waals surface area contributed by atoms with Gasteiger partial charge in [-0.05, 0) is 23.3 Å². The van der Waals surface area contributed by atoms with Crippen LogP contribution in [0, 0.1) is 0 Å². The fraction of sp³-hybridized carbons (Fsp3) is 0.278. The number of nitrogens with one attached hydrogen (secondary N) is 1. The monoisotopic (exact) mass is 331 g/mol. The number of methoxy groups -OCH3 is 1. The van der Waals surface area contributed by atoms with Crippen LogP contribution in [0.4, 0.5) is 0 Å². The van der Waals surface area contributed by atoms with Crippen molar-refractivity contribution in [1.82, 2.24) is 5.32 Å². The molecule has 1 amide bonds. The number of thioether (sulfide) groups is 1. The molecule has 0 saturated carbocycles. The molecule has 1 atom stereocenters. The Morgan fingerprint density at radius 3 is 2.39 bits per heavy atom. The minimum atomic E-state index is -0.204. The SMILES string of the molecule is COc1ccc([C@H](NC(=O)CSCCO)c2ccccc2)cc1. The maximum Gasteiger partial charge on any atom is 0.230 e. The lowest BCUT2D eigenvalue weighted by molar-refractivity contribution is -0.119. The molecular formula is C18H21NO3S. The number of hydrogen-bond donors (Lipinski definition) is 2. The van der Waals surface area contributed by atoms with E-state index in [1.165, 1.54) is 11.8 Å². The molecule has 0 aromatic heterocycles. The van der Waals surface area contributed by atoms with Gasteiger partial charge in [0.05, 0.1) is 25.5 Å². The number of benzene rings is 2. The van der Waals surface area contributed by atoms with Crippen molar-refractivity contribution in [3.63, 3.8) is 0 Å². The summed E-state index contributed by atoms with van der Waals surface area (Å²) >= 11 is 1.42. The molecule has 2 N–H and O–H groups in total. The van der Waals surface area contributed by atoms with Crippen molar-refractivity contribution in [2.45, 2.75) is 6.04 Å². The molecule has 2 aromatic carbocycles. The summed E-state index contributed by atoms with van der Waals surface area (Å²) in [5.74, 6) is 1.63. The van der Waals surface area contributed by atoms with Crippen LogP contribution in [-0.2, 0) is 4.79 Å². The predicted octanol–water partition coefficient (Wildman–Crippen LogP) is 2.63. The van der Waals surface area contributed by atoms with E-state index in [-0.39, 0.29) is 18.6 Å². The molecule has 4 nitrogen and oxygen atoms in total. The van der Waals surface area contributed by atoms with E-state index in [2.05, 4.69) is 5.32 Å². The number of amides is 1. The number of aliphatic hydroxyl groups is 1. The summed E-state index contributed by atoms with van der Waals surface area (Å²) in [5.41, 5.74) is 2.02. The minimum absolute atomic E-state index is 0.0480. The first kappa shape index (κ1) is 17.4. The summed E-state index contributed by atoms with van der Waals surface area (Å²) < 4.78 is 5.19. The number of ether oxygens (including phenoxy) is 1. The van der Waals surface area contributed by atoms with E-state index >= 15 is 0 Å². The summed E-state index contributed by atoms with van der Waals surface area (Å²) in [6.07, 6.45) is 0. The third kappa shape index (κ3) is 5.30. The fourth-order valence-corrected chi connectivity index (χ4v) is 2.78. The second-order valence-corrected chi connectivity index (χ2v) is 6.07. The fourth-order valence-electron chi connectivity index (χ4n) is 2.23. The number of carbonyl (C=O) groups excluding carboxylic acids is 1. The Kier molecular flexibility index (Phi) is 6.97. The molecule has 0 aliphatic rings. The van der Waals surface area contributed by atoms with E-state index < -0.39 is 0 Å². The average Bonchev–Trinajstić information content (AvgIpc) is 2.61. The van der Waals surface area contributed by atoms with Crippen molar-refractivity contribution in [3.05, 3.63) is 65.7 Å². The first-order valence-electron chi connectivity index (χ1n) is 7.41. The molecule has 2 aromatic rings. The molecular weight excluding hydrogens is 310 g/mol. The van der Waals surface area contributed by atoms with Crippen molar-refractivity contribution in [2.75, 3.05) is 25.2 Å². The molecule has 0 fully saturated rings. The molecule has 2 rings (SSSR count). The van der Waals surface area contributed by atoms with Gasteiger partial charge in [0.25, 0.3) is 0 Å². The highest BCUT2D eigenvalue weighted by molar-refractivity contribution is 7.99. The van der Waals surface area contributed by atoms with Crippen LogP contribution in [0.25, 0.3) is 0 Å². The second-order valence-electron chi connectivity index (χ2n) is 4.96. The molecule has 0 bridgehead atoms. The first-order valence-corrected chi connectivity index (χ1v) is 8.57. The molecule has 23 heavy (non-hydrogen) atoms. The summed E-state index contributed by atoms with van der Waals surface area (Å²) in [4.78, 5) is 12.2. The standard InChI is InChI=1S/C18H21NO3S/c1-22-16-9-7-15(8-10-16)18(14-5-3-2-4-6-14)19-17(21)13-23-12-11-20/h2-10,18,20H,11-13H2,1H3,(H,19,21)/t18-/m1/s1. The molecule has 0 spiro atoms. The molecule has 122 valence electrons. The van der Waals surface area contributed by atoms with Gasteiger partial charge >= 0.3 is 0 Å². The third-order valence-corrected chi connectivity index (χ3v) is 4.29. The lowest BCUT2D eigenvalue weighted by Crippen LogP contribution is -2.30. The van der Waals surface area contributed by atoms with E-state index in [9.17, 15) is 4.79 Å². The summed E-state index contributed by atoms with van der Waals surface area (Å²) in [6, 6.07) is 17.3. The zero-order valence-electron chi connectivity index (χ0n) is 13.1. The van der Waals surface area contributed by atoms with E-state index in [1.54, 1.807) is 7.11 Å². The van der Waals surface area contributed by atoms with Crippen molar-refractivity contribution in [3.8, 4) is 5.75 Å². The Hall–Kier alpha value is -1.98. The van der Waals surface area contributed by atoms with Crippen LogP contribution in [0.3, 0.4) is 0 Å². The Balaban J connectivity index is 2.16. The Bertz CT molecular complexity index is 601. The number of aliphatic hydroxyl groups excluding tert-OH is 1. The zero-order valence-corrected chi connectivity index (χ0v) is 13.9.